The van der Waals surface area contributed by atoms with E-state index in [0.717, 1.165) is 17.4 Å². The van der Waals surface area contributed by atoms with Crippen LogP contribution in [0.4, 0.5) is 8.78 Å². The lowest BCUT2D eigenvalue weighted by Gasteiger charge is -2.37. The Labute approximate surface area is 187 Å². The summed E-state index contributed by atoms with van der Waals surface area (Å²) in [6.07, 6.45) is -1.94. The number of sulfone groups is 1. The molecule has 0 spiro atoms. The van der Waals surface area contributed by atoms with Gasteiger partial charge in [0.25, 0.3) is 12.3 Å². The Balaban J connectivity index is 1.94. The molecule has 3 rings (SSSR count). The SMILES string of the molecule is CC1(c2sc(C(=NN)OC(F)c3ccc(Cl)cc3)cc2F)CS(=O)(=O)C(C)(C)C(N)=N1. The number of hydrogen-bond donors (Lipinski definition) is 2. The van der Waals surface area contributed by atoms with Crippen LogP contribution in [0.15, 0.2) is 40.4 Å². The number of alkyl halides is 1. The van der Waals surface area contributed by atoms with Crippen molar-refractivity contribution in [2.24, 2.45) is 21.7 Å². The monoisotopic (exact) mass is 490 g/mol. The van der Waals surface area contributed by atoms with Crippen LogP contribution >= 0.6 is 22.9 Å². The lowest BCUT2D eigenvalue weighted by Crippen LogP contribution is -2.54. The molecule has 0 fully saturated rings. The number of ether oxygens (including phenoxy) is 1. The number of halogens is 3. The fourth-order valence-corrected chi connectivity index (χ4v) is 5.99. The van der Waals surface area contributed by atoms with E-state index in [-0.39, 0.29) is 27.1 Å². The van der Waals surface area contributed by atoms with Crippen molar-refractivity contribution < 1.29 is 21.9 Å². The maximum Gasteiger partial charge on any atom is 0.266 e. The third-order valence-corrected chi connectivity index (χ3v) is 9.39. The van der Waals surface area contributed by atoms with E-state index in [0.29, 0.717) is 5.02 Å². The molecule has 0 amide bonds. The summed E-state index contributed by atoms with van der Waals surface area (Å²) in [5, 5.41) is 3.85. The first-order valence-electron chi connectivity index (χ1n) is 9.03. The van der Waals surface area contributed by atoms with E-state index >= 15 is 0 Å². The van der Waals surface area contributed by atoms with Gasteiger partial charge in [-0.15, -0.1) is 16.4 Å². The summed E-state index contributed by atoms with van der Waals surface area (Å²) in [5.74, 6) is 3.68. The number of nitrogens with zero attached hydrogens (tertiary/aromatic N) is 2. The number of hydrazone groups is 1. The predicted octanol–water partition coefficient (Wildman–Crippen LogP) is 3.63. The number of rotatable bonds is 4. The van der Waals surface area contributed by atoms with E-state index in [1.54, 1.807) is 0 Å². The van der Waals surface area contributed by atoms with Crippen LogP contribution in [0.25, 0.3) is 0 Å². The van der Waals surface area contributed by atoms with E-state index < -0.39 is 38.1 Å². The summed E-state index contributed by atoms with van der Waals surface area (Å²) in [5.41, 5.74) is 4.61. The van der Waals surface area contributed by atoms with E-state index in [1.165, 1.54) is 45.0 Å². The van der Waals surface area contributed by atoms with Crippen molar-refractivity contribution >= 4 is 44.5 Å². The fourth-order valence-electron chi connectivity index (χ4n) is 3.03. The van der Waals surface area contributed by atoms with Crippen molar-refractivity contribution in [3.05, 3.63) is 56.5 Å². The molecule has 7 nitrogen and oxygen atoms in total. The van der Waals surface area contributed by atoms with Gasteiger partial charge >= 0.3 is 0 Å². The first kappa shape index (κ1) is 23.4. The summed E-state index contributed by atoms with van der Waals surface area (Å²) in [6.45, 7) is 4.36. The highest BCUT2D eigenvalue weighted by atomic mass is 35.5. The highest BCUT2D eigenvalue weighted by Crippen LogP contribution is 2.41. The minimum absolute atomic E-state index is 0.00354. The van der Waals surface area contributed by atoms with Crippen LogP contribution in [0.3, 0.4) is 0 Å². The molecule has 0 saturated heterocycles. The molecule has 1 aromatic carbocycles. The molecule has 1 aliphatic rings. The zero-order valence-corrected chi connectivity index (χ0v) is 19.3. The molecule has 0 bridgehead atoms. The molecule has 0 saturated carbocycles. The Morgan fingerprint density at radius 2 is 1.94 bits per heavy atom. The first-order valence-corrected chi connectivity index (χ1v) is 11.9. The predicted molar refractivity (Wildman–Crippen MR) is 118 cm³/mol. The Hall–Kier alpha value is -2.24. The van der Waals surface area contributed by atoms with Crippen LogP contribution in [-0.2, 0) is 20.1 Å². The molecule has 2 unspecified atom stereocenters. The van der Waals surface area contributed by atoms with E-state index in [9.17, 15) is 17.2 Å². The van der Waals surface area contributed by atoms with Crippen molar-refractivity contribution in [3.63, 3.8) is 0 Å². The van der Waals surface area contributed by atoms with Crippen LogP contribution in [0, 0.1) is 5.82 Å². The Morgan fingerprint density at radius 3 is 2.48 bits per heavy atom. The third-order valence-electron chi connectivity index (χ3n) is 5.08. The lowest BCUT2D eigenvalue weighted by molar-refractivity contribution is 0.0555. The molecule has 1 aliphatic heterocycles. The van der Waals surface area contributed by atoms with Crippen LogP contribution in [0.5, 0.6) is 0 Å². The Bertz CT molecular complexity index is 1160. The maximum atomic E-state index is 14.9. The standard InChI is InChI=1S/C19H21ClF2N4O3S2/c1-18(2)17(23)25-19(3,9-31(18,27)28)14-12(21)8-13(30-14)16(26-24)29-15(22)10-4-6-11(20)7-5-10/h4-8,15H,9,24H2,1-3H3,(H2,23,25). The summed E-state index contributed by atoms with van der Waals surface area (Å²) >= 11 is 6.61. The zero-order valence-electron chi connectivity index (χ0n) is 16.9. The van der Waals surface area contributed by atoms with Gasteiger partial charge in [-0.2, -0.15) is 4.39 Å². The average molecular weight is 491 g/mol. The van der Waals surface area contributed by atoms with Crippen molar-refractivity contribution in [1.29, 1.82) is 0 Å². The summed E-state index contributed by atoms with van der Waals surface area (Å²) in [7, 11) is -3.73. The van der Waals surface area contributed by atoms with Crippen LogP contribution in [-0.4, -0.2) is 30.7 Å². The van der Waals surface area contributed by atoms with Crippen molar-refractivity contribution in [1.82, 2.24) is 0 Å². The van der Waals surface area contributed by atoms with E-state index in [4.69, 9.17) is 27.9 Å². The number of thiophene rings is 1. The van der Waals surface area contributed by atoms with Crippen molar-refractivity contribution in [2.45, 2.75) is 37.4 Å². The molecule has 0 radical (unpaired) electrons. The van der Waals surface area contributed by atoms with Gasteiger partial charge < -0.3 is 16.3 Å². The maximum absolute atomic E-state index is 14.9. The van der Waals surface area contributed by atoms with Crippen LogP contribution in [0.2, 0.25) is 5.02 Å². The van der Waals surface area contributed by atoms with Gasteiger partial charge in [0, 0.05) is 10.6 Å². The molecule has 2 atom stereocenters. The second-order valence-corrected chi connectivity index (χ2v) is 11.8. The molecular formula is C19H21ClF2N4O3S2. The lowest BCUT2D eigenvalue weighted by atomic mass is 10.0. The van der Waals surface area contributed by atoms with Crippen molar-refractivity contribution in [3.8, 4) is 0 Å². The molecule has 12 heteroatoms. The van der Waals surface area contributed by atoms with Gasteiger partial charge in [-0.3, -0.25) is 4.99 Å². The van der Waals surface area contributed by atoms with Gasteiger partial charge in [0.15, 0.2) is 9.84 Å². The molecule has 0 aliphatic carbocycles. The molecular weight excluding hydrogens is 470 g/mol. The highest BCUT2D eigenvalue weighted by Gasteiger charge is 2.50. The molecule has 31 heavy (non-hydrogen) atoms. The first-order chi connectivity index (χ1) is 14.3. The molecule has 1 aromatic heterocycles. The fraction of sp³-hybridized carbons (Fsp3) is 0.368. The second kappa shape index (κ2) is 8.03. The van der Waals surface area contributed by atoms with Gasteiger partial charge in [0.1, 0.15) is 21.9 Å². The quantitative estimate of drug-likeness (QED) is 0.293. The molecule has 2 aromatic rings. The smallest absolute Gasteiger partial charge is 0.266 e. The zero-order chi connectivity index (χ0) is 23.2. The van der Waals surface area contributed by atoms with E-state index in [2.05, 4.69) is 10.1 Å². The molecule has 4 N–H and O–H groups in total. The van der Waals surface area contributed by atoms with Crippen LogP contribution in [0.1, 0.15) is 42.4 Å². The Kier molecular flexibility index (Phi) is 6.07. The average Bonchev–Trinajstić information content (AvgIpc) is 3.07. The van der Waals surface area contributed by atoms with Gasteiger partial charge in [0.2, 0.25) is 0 Å². The summed E-state index contributed by atoms with van der Waals surface area (Å²) < 4.78 is 58.7. The Morgan fingerprint density at radius 1 is 1.32 bits per heavy atom. The number of aliphatic imine (C=N–C) groups is 1. The van der Waals surface area contributed by atoms with E-state index in [1.807, 2.05) is 0 Å². The number of nitrogens with two attached hydrogens (primary N) is 2. The minimum atomic E-state index is -3.73. The van der Waals surface area contributed by atoms with Gasteiger partial charge in [-0.1, -0.05) is 23.7 Å². The highest BCUT2D eigenvalue weighted by molar-refractivity contribution is 7.93. The topological polar surface area (TPSA) is 120 Å². The second-order valence-electron chi connectivity index (χ2n) is 7.75. The number of hydrogen-bond acceptors (Lipinski definition) is 8. The van der Waals surface area contributed by atoms with Gasteiger partial charge in [-0.05, 0) is 39.0 Å². The summed E-state index contributed by atoms with van der Waals surface area (Å²) in [6, 6.07) is 6.87. The summed E-state index contributed by atoms with van der Waals surface area (Å²) in [4.78, 5) is 4.37. The van der Waals surface area contributed by atoms with Gasteiger partial charge in [0.05, 0.1) is 15.5 Å². The number of amidine groups is 1. The van der Waals surface area contributed by atoms with Crippen LogP contribution < -0.4 is 11.6 Å². The van der Waals surface area contributed by atoms with Crippen molar-refractivity contribution in [2.75, 3.05) is 5.75 Å². The third kappa shape index (κ3) is 4.26. The van der Waals surface area contributed by atoms with Gasteiger partial charge in [-0.25, -0.2) is 12.8 Å². The molecule has 168 valence electrons. The minimum Gasteiger partial charge on any atom is -0.437 e. The largest absolute Gasteiger partial charge is 0.437 e. The normalized spacial score (nSPS) is 23.8. The molecule has 2 heterocycles. The number of benzene rings is 1.